The van der Waals surface area contributed by atoms with Gasteiger partial charge in [0.1, 0.15) is 0 Å². The summed E-state index contributed by atoms with van der Waals surface area (Å²) in [5.41, 5.74) is 14.0. The molecular formula is C33H45N5O2. The van der Waals surface area contributed by atoms with Crippen LogP contribution in [0.5, 0.6) is 0 Å². The van der Waals surface area contributed by atoms with Gasteiger partial charge in [0.05, 0.1) is 0 Å². The van der Waals surface area contributed by atoms with Gasteiger partial charge in [-0.2, -0.15) is 0 Å². The number of anilines is 1. The summed E-state index contributed by atoms with van der Waals surface area (Å²) in [6, 6.07) is 14.1. The molecule has 2 heterocycles. The number of allylic oxidation sites excluding steroid dienone is 1. The average molecular weight is 544 g/mol. The highest BCUT2D eigenvalue weighted by Gasteiger charge is 2.21. The third-order valence-electron chi connectivity index (χ3n) is 8.77. The molecule has 2 aliphatic heterocycles. The van der Waals surface area contributed by atoms with E-state index >= 15 is 0 Å². The fraction of sp³-hybridized carbons (Fsp3) is 0.515. The van der Waals surface area contributed by atoms with Crippen molar-refractivity contribution >= 4 is 17.5 Å². The predicted molar refractivity (Wildman–Crippen MR) is 162 cm³/mol. The molecule has 7 heteroatoms. The summed E-state index contributed by atoms with van der Waals surface area (Å²) in [6.07, 6.45) is 8.98. The van der Waals surface area contributed by atoms with Crippen molar-refractivity contribution in [3.05, 3.63) is 64.9 Å². The van der Waals surface area contributed by atoms with Gasteiger partial charge in [0.25, 0.3) is 5.91 Å². The summed E-state index contributed by atoms with van der Waals surface area (Å²) in [5.74, 6) is 0.0815. The largest absolute Gasteiger partial charge is 0.401 e. The predicted octanol–water partition coefficient (Wildman–Crippen LogP) is 4.57. The first-order valence-corrected chi connectivity index (χ1v) is 15.2. The number of fused-ring (bicyclic) bond motifs is 1. The van der Waals surface area contributed by atoms with E-state index in [1.54, 1.807) is 6.92 Å². The molecule has 3 aliphatic rings. The summed E-state index contributed by atoms with van der Waals surface area (Å²) < 4.78 is 0. The van der Waals surface area contributed by atoms with Gasteiger partial charge >= 0.3 is 0 Å². The monoisotopic (exact) mass is 543 g/mol. The number of nitrogens with zero attached hydrogens (tertiary/aromatic N) is 3. The van der Waals surface area contributed by atoms with Gasteiger partial charge in [-0.05, 0) is 92.4 Å². The van der Waals surface area contributed by atoms with E-state index in [4.69, 9.17) is 5.73 Å². The molecule has 3 N–H and O–H groups in total. The van der Waals surface area contributed by atoms with Crippen molar-refractivity contribution in [1.82, 2.24) is 15.1 Å². The SMILES string of the molecule is CC(=O)N1CCCc2cc(-c3ccc(C(=O)NCCCCCN4CCN(CC(N)=C5CCC5)CC4)cc3)ccc21. The Balaban J connectivity index is 0.987. The maximum atomic E-state index is 12.7. The van der Waals surface area contributed by atoms with Gasteiger partial charge in [0.15, 0.2) is 0 Å². The zero-order valence-corrected chi connectivity index (χ0v) is 24.1. The average Bonchev–Trinajstić information content (AvgIpc) is 2.94. The molecule has 0 atom stereocenters. The van der Waals surface area contributed by atoms with E-state index in [1.165, 1.54) is 36.8 Å². The van der Waals surface area contributed by atoms with Crippen molar-refractivity contribution in [3.63, 3.8) is 0 Å². The fourth-order valence-electron chi connectivity index (χ4n) is 6.06. The van der Waals surface area contributed by atoms with E-state index in [-0.39, 0.29) is 11.8 Å². The standard InChI is InChI=1S/C33H45N5O2/c1-25(39)38-18-6-9-30-23-29(14-15-32(30)38)26-10-12-28(13-11-26)33(40)35-16-3-2-4-17-36-19-21-37(22-20-36)24-31(34)27-7-5-8-27/h10-15,23H,2-9,16-22,24,34H2,1H3,(H,35,40). The lowest BCUT2D eigenvalue weighted by molar-refractivity contribution is -0.116. The van der Waals surface area contributed by atoms with E-state index in [9.17, 15) is 9.59 Å². The van der Waals surface area contributed by atoms with E-state index < -0.39 is 0 Å². The third kappa shape index (κ3) is 7.12. The number of rotatable bonds is 10. The number of nitrogens with two attached hydrogens (primary N) is 1. The number of carbonyl (C=O) groups is 2. The molecule has 5 rings (SSSR count). The Bertz CT molecular complexity index is 1210. The minimum Gasteiger partial charge on any atom is -0.401 e. The zero-order chi connectivity index (χ0) is 27.9. The number of unbranched alkanes of at least 4 members (excludes halogenated alkanes) is 2. The number of aryl methyl sites for hydroxylation is 1. The van der Waals surface area contributed by atoms with Gasteiger partial charge in [0.2, 0.25) is 5.91 Å². The lowest BCUT2D eigenvalue weighted by atomic mass is 9.90. The van der Waals surface area contributed by atoms with Crippen LogP contribution in [0, 0.1) is 0 Å². The molecule has 2 amide bonds. The van der Waals surface area contributed by atoms with Crippen molar-refractivity contribution in [2.75, 3.05) is 57.3 Å². The van der Waals surface area contributed by atoms with Gasteiger partial charge in [0, 0.05) is 69.7 Å². The molecule has 0 unspecified atom stereocenters. The molecule has 1 saturated carbocycles. The number of carbonyl (C=O) groups excluding carboxylic acids is 2. The summed E-state index contributed by atoms with van der Waals surface area (Å²) in [6.45, 7) is 9.66. The molecule has 40 heavy (non-hydrogen) atoms. The van der Waals surface area contributed by atoms with Crippen LogP contribution in [0.1, 0.15) is 67.8 Å². The van der Waals surface area contributed by atoms with Crippen molar-refractivity contribution in [2.24, 2.45) is 5.73 Å². The van der Waals surface area contributed by atoms with Gasteiger partial charge < -0.3 is 20.9 Å². The Morgan fingerprint density at radius 1 is 0.825 bits per heavy atom. The Hall–Kier alpha value is -3.16. The minimum atomic E-state index is -0.0126. The molecule has 2 aromatic rings. The second-order valence-electron chi connectivity index (χ2n) is 11.6. The maximum Gasteiger partial charge on any atom is 0.251 e. The van der Waals surface area contributed by atoms with Crippen molar-refractivity contribution in [2.45, 2.75) is 58.3 Å². The minimum absolute atomic E-state index is 0.0126. The van der Waals surface area contributed by atoms with Crippen LogP contribution < -0.4 is 16.0 Å². The number of piperazine rings is 1. The smallest absolute Gasteiger partial charge is 0.251 e. The first-order valence-electron chi connectivity index (χ1n) is 15.2. The molecule has 1 aliphatic carbocycles. The van der Waals surface area contributed by atoms with Crippen LogP contribution >= 0.6 is 0 Å². The third-order valence-corrected chi connectivity index (χ3v) is 8.77. The lowest BCUT2D eigenvalue weighted by Gasteiger charge is -2.35. The Labute approximate surface area is 239 Å². The molecule has 2 aromatic carbocycles. The summed E-state index contributed by atoms with van der Waals surface area (Å²) in [7, 11) is 0. The van der Waals surface area contributed by atoms with Crippen LogP contribution in [0.2, 0.25) is 0 Å². The summed E-state index contributed by atoms with van der Waals surface area (Å²) >= 11 is 0. The first-order chi connectivity index (χ1) is 19.5. The lowest BCUT2D eigenvalue weighted by Crippen LogP contribution is -2.47. The van der Waals surface area contributed by atoms with Gasteiger partial charge in [-0.3, -0.25) is 14.5 Å². The Morgan fingerprint density at radius 3 is 2.25 bits per heavy atom. The number of amides is 2. The number of hydrogen-bond donors (Lipinski definition) is 2. The second kappa shape index (κ2) is 13.5. The Morgan fingerprint density at radius 2 is 1.55 bits per heavy atom. The van der Waals surface area contributed by atoms with Gasteiger partial charge in [-0.1, -0.05) is 30.2 Å². The normalized spacial score (nSPS) is 17.7. The van der Waals surface area contributed by atoms with E-state index in [0.29, 0.717) is 12.1 Å². The molecule has 0 radical (unpaired) electrons. The first kappa shape index (κ1) is 28.4. The zero-order valence-electron chi connectivity index (χ0n) is 24.1. The van der Waals surface area contributed by atoms with Crippen molar-refractivity contribution in [1.29, 1.82) is 0 Å². The Kier molecular flexibility index (Phi) is 9.55. The maximum absolute atomic E-state index is 12.7. The van der Waals surface area contributed by atoms with Crippen LogP contribution in [-0.2, 0) is 11.2 Å². The topological polar surface area (TPSA) is 81.9 Å². The fourth-order valence-corrected chi connectivity index (χ4v) is 6.06. The molecule has 214 valence electrons. The molecular weight excluding hydrogens is 498 g/mol. The number of hydrogen-bond acceptors (Lipinski definition) is 5. The number of nitrogens with one attached hydrogen (secondary N) is 1. The second-order valence-corrected chi connectivity index (χ2v) is 11.6. The van der Waals surface area contributed by atoms with E-state index in [0.717, 1.165) is 94.0 Å². The molecule has 0 aromatic heterocycles. The van der Waals surface area contributed by atoms with Crippen LogP contribution in [0.25, 0.3) is 11.1 Å². The highest BCUT2D eigenvalue weighted by atomic mass is 16.2. The molecule has 0 bridgehead atoms. The summed E-state index contributed by atoms with van der Waals surface area (Å²) in [5, 5.41) is 3.08. The van der Waals surface area contributed by atoms with Crippen molar-refractivity contribution < 1.29 is 9.59 Å². The van der Waals surface area contributed by atoms with Crippen LogP contribution in [0.3, 0.4) is 0 Å². The quantitative estimate of drug-likeness (QED) is 0.429. The van der Waals surface area contributed by atoms with Crippen LogP contribution in [-0.4, -0.2) is 74.0 Å². The molecule has 7 nitrogen and oxygen atoms in total. The van der Waals surface area contributed by atoms with Gasteiger partial charge in [-0.15, -0.1) is 0 Å². The van der Waals surface area contributed by atoms with Crippen molar-refractivity contribution in [3.8, 4) is 11.1 Å². The number of benzene rings is 2. The highest BCUT2D eigenvalue weighted by molar-refractivity contribution is 5.95. The van der Waals surface area contributed by atoms with Crippen LogP contribution in [0.15, 0.2) is 53.7 Å². The van der Waals surface area contributed by atoms with Crippen LogP contribution in [0.4, 0.5) is 5.69 Å². The van der Waals surface area contributed by atoms with Gasteiger partial charge in [-0.25, -0.2) is 0 Å². The highest BCUT2D eigenvalue weighted by Crippen LogP contribution is 2.32. The van der Waals surface area contributed by atoms with E-state index in [2.05, 4.69) is 33.3 Å². The molecule has 2 fully saturated rings. The summed E-state index contributed by atoms with van der Waals surface area (Å²) in [4.78, 5) is 31.5. The molecule has 1 saturated heterocycles. The molecule has 0 spiro atoms. The van der Waals surface area contributed by atoms with E-state index in [1.807, 2.05) is 29.2 Å².